The summed E-state index contributed by atoms with van der Waals surface area (Å²) in [5.41, 5.74) is 0.976. The van der Waals surface area contributed by atoms with Gasteiger partial charge in [-0.3, -0.25) is 0 Å². The van der Waals surface area contributed by atoms with Gasteiger partial charge >= 0.3 is 0 Å². The summed E-state index contributed by atoms with van der Waals surface area (Å²) >= 11 is 9.47. The van der Waals surface area contributed by atoms with E-state index in [1.165, 1.54) is 0 Å². The van der Waals surface area contributed by atoms with E-state index in [0.29, 0.717) is 24.8 Å². The summed E-state index contributed by atoms with van der Waals surface area (Å²) in [4.78, 5) is 0. The molecule has 0 aliphatic heterocycles. The zero-order valence-corrected chi connectivity index (χ0v) is 12.7. The van der Waals surface area contributed by atoms with Crippen LogP contribution in [0.5, 0.6) is 5.75 Å². The van der Waals surface area contributed by atoms with Crippen molar-refractivity contribution < 1.29 is 9.47 Å². The van der Waals surface area contributed by atoms with Gasteiger partial charge in [-0.15, -0.1) is 0 Å². The topological polar surface area (TPSA) is 18.5 Å². The van der Waals surface area contributed by atoms with Crippen LogP contribution in [0.4, 0.5) is 0 Å². The molecule has 4 heteroatoms. The fourth-order valence-electron chi connectivity index (χ4n) is 1.56. The van der Waals surface area contributed by atoms with Crippen molar-refractivity contribution in [2.24, 2.45) is 0 Å². The van der Waals surface area contributed by atoms with E-state index < -0.39 is 0 Å². The van der Waals surface area contributed by atoms with E-state index in [1.807, 2.05) is 48.5 Å². The second kappa shape index (κ2) is 7.53. The van der Waals surface area contributed by atoms with Gasteiger partial charge in [-0.1, -0.05) is 51.8 Å². The number of halogens is 2. The largest absolute Gasteiger partial charge is 0.491 e. The van der Waals surface area contributed by atoms with Crippen molar-refractivity contribution in [1.29, 1.82) is 0 Å². The van der Waals surface area contributed by atoms with E-state index in [2.05, 4.69) is 15.9 Å². The molecule has 2 rings (SSSR count). The molecule has 0 saturated carbocycles. The van der Waals surface area contributed by atoms with Gasteiger partial charge in [0.1, 0.15) is 12.4 Å². The van der Waals surface area contributed by atoms with Gasteiger partial charge in [-0.25, -0.2) is 0 Å². The van der Waals surface area contributed by atoms with E-state index in [-0.39, 0.29) is 0 Å². The maximum atomic E-state index is 6.10. The van der Waals surface area contributed by atoms with Gasteiger partial charge < -0.3 is 9.47 Å². The zero-order valence-electron chi connectivity index (χ0n) is 10.3. The Labute approximate surface area is 126 Å². The van der Waals surface area contributed by atoms with Crippen LogP contribution < -0.4 is 4.74 Å². The lowest BCUT2D eigenvalue weighted by Gasteiger charge is -2.08. The third-order valence-corrected chi connectivity index (χ3v) is 3.36. The monoisotopic (exact) mass is 340 g/mol. The number of hydrogen-bond acceptors (Lipinski definition) is 2. The minimum absolute atomic E-state index is 0.490. The summed E-state index contributed by atoms with van der Waals surface area (Å²) in [5, 5.41) is 0.707. The molecule has 2 aromatic rings. The van der Waals surface area contributed by atoms with Gasteiger partial charge in [0.05, 0.1) is 13.2 Å². The Morgan fingerprint density at radius 3 is 2.53 bits per heavy atom. The highest BCUT2D eigenvalue weighted by Crippen LogP contribution is 2.21. The third-order valence-electron chi connectivity index (χ3n) is 2.51. The molecule has 0 radical (unpaired) electrons. The van der Waals surface area contributed by atoms with Crippen molar-refractivity contribution in [3.63, 3.8) is 0 Å². The molecule has 0 amide bonds. The van der Waals surface area contributed by atoms with E-state index in [4.69, 9.17) is 21.1 Å². The van der Waals surface area contributed by atoms with Crippen LogP contribution in [-0.2, 0) is 11.3 Å². The normalized spacial score (nSPS) is 10.4. The summed E-state index contributed by atoms with van der Waals surface area (Å²) in [5.74, 6) is 0.854. The molecule has 100 valence electrons. The van der Waals surface area contributed by atoms with Crippen molar-refractivity contribution in [1.82, 2.24) is 0 Å². The zero-order chi connectivity index (χ0) is 13.5. The van der Waals surface area contributed by atoms with Crippen LogP contribution in [0.2, 0.25) is 5.02 Å². The average Bonchev–Trinajstić information content (AvgIpc) is 2.42. The van der Waals surface area contributed by atoms with Crippen LogP contribution >= 0.6 is 27.5 Å². The number of para-hydroxylation sites is 1. The van der Waals surface area contributed by atoms with E-state index in [9.17, 15) is 0 Å². The van der Waals surface area contributed by atoms with Crippen LogP contribution in [0.25, 0.3) is 0 Å². The predicted molar refractivity (Wildman–Crippen MR) is 80.7 cm³/mol. The molecule has 0 saturated heterocycles. The molecular weight excluding hydrogens is 328 g/mol. The van der Waals surface area contributed by atoms with Crippen molar-refractivity contribution in [2.45, 2.75) is 6.61 Å². The highest BCUT2D eigenvalue weighted by Gasteiger charge is 2.01. The smallest absolute Gasteiger partial charge is 0.119 e. The molecule has 0 fully saturated rings. The first kappa shape index (κ1) is 14.4. The van der Waals surface area contributed by atoms with Gasteiger partial charge in [0.15, 0.2) is 0 Å². The highest BCUT2D eigenvalue weighted by molar-refractivity contribution is 9.10. The summed E-state index contributed by atoms with van der Waals surface area (Å²) < 4.78 is 12.0. The van der Waals surface area contributed by atoms with Crippen molar-refractivity contribution in [3.05, 3.63) is 63.6 Å². The molecule has 0 heterocycles. The molecular formula is C15H14BrClO2. The van der Waals surface area contributed by atoms with Crippen LogP contribution in [0.15, 0.2) is 53.0 Å². The minimum Gasteiger partial charge on any atom is -0.491 e. The molecule has 0 aromatic heterocycles. The summed E-state index contributed by atoms with van der Waals surface area (Å²) in [6, 6.07) is 15.4. The van der Waals surface area contributed by atoms with Crippen LogP contribution in [0, 0.1) is 0 Å². The summed E-state index contributed by atoms with van der Waals surface area (Å²) in [6.45, 7) is 1.55. The SMILES string of the molecule is Clc1cc(Br)ccc1COCCOc1ccccc1. The number of rotatable bonds is 6. The molecule has 0 bridgehead atoms. The lowest BCUT2D eigenvalue weighted by molar-refractivity contribution is 0.0889. The molecule has 0 N–H and O–H groups in total. The second-order valence-corrected chi connectivity index (χ2v) is 5.27. The summed E-state index contributed by atoms with van der Waals surface area (Å²) in [6.07, 6.45) is 0. The quantitative estimate of drug-likeness (QED) is 0.709. The second-order valence-electron chi connectivity index (χ2n) is 3.95. The van der Waals surface area contributed by atoms with Crippen LogP contribution in [-0.4, -0.2) is 13.2 Å². The Morgan fingerprint density at radius 1 is 1.00 bits per heavy atom. The van der Waals surface area contributed by atoms with E-state index >= 15 is 0 Å². The lowest BCUT2D eigenvalue weighted by Crippen LogP contribution is -2.06. The van der Waals surface area contributed by atoms with Crippen molar-refractivity contribution in [2.75, 3.05) is 13.2 Å². The fourth-order valence-corrected chi connectivity index (χ4v) is 2.28. The molecule has 0 spiro atoms. The fraction of sp³-hybridized carbons (Fsp3) is 0.200. The van der Waals surface area contributed by atoms with Gasteiger partial charge in [0, 0.05) is 9.50 Å². The summed E-state index contributed by atoms with van der Waals surface area (Å²) in [7, 11) is 0. The molecule has 0 aliphatic rings. The van der Waals surface area contributed by atoms with Crippen LogP contribution in [0.3, 0.4) is 0 Å². The maximum Gasteiger partial charge on any atom is 0.119 e. The third kappa shape index (κ3) is 4.86. The highest BCUT2D eigenvalue weighted by atomic mass is 79.9. The van der Waals surface area contributed by atoms with E-state index in [0.717, 1.165) is 15.8 Å². The number of benzene rings is 2. The average molecular weight is 342 g/mol. The lowest BCUT2D eigenvalue weighted by atomic mass is 10.2. The van der Waals surface area contributed by atoms with Crippen molar-refractivity contribution in [3.8, 4) is 5.75 Å². The van der Waals surface area contributed by atoms with Crippen molar-refractivity contribution >= 4 is 27.5 Å². The Morgan fingerprint density at radius 2 is 1.79 bits per heavy atom. The Balaban J connectivity index is 1.69. The van der Waals surface area contributed by atoms with Gasteiger partial charge in [0.2, 0.25) is 0 Å². The molecule has 0 unspecified atom stereocenters. The maximum absolute atomic E-state index is 6.10. The van der Waals surface area contributed by atoms with Gasteiger partial charge in [-0.2, -0.15) is 0 Å². The molecule has 2 nitrogen and oxygen atoms in total. The van der Waals surface area contributed by atoms with Crippen LogP contribution in [0.1, 0.15) is 5.56 Å². The number of hydrogen-bond donors (Lipinski definition) is 0. The molecule has 0 aliphatic carbocycles. The van der Waals surface area contributed by atoms with Gasteiger partial charge in [-0.05, 0) is 29.8 Å². The molecule has 0 atom stereocenters. The number of ether oxygens (including phenoxy) is 2. The Kier molecular flexibility index (Phi) is 5.70. The predicted octanol–water partition coefficient (Wildman–Crippen LogP) is 4.70. The Hall–Kier alpha value is -1.03. The standard InChI is InChI=1S/C15H14BrClO2/c16-13-7-6-12(15(17)10-13)11-18-8-9-19-14-4-2-1-3-5-14/h1-7,10H,8-9,11H2. The minimum atomic E-state index is 0.490. The first-order chi connectivity index (χ1) is 9.25. The first-order valence-corrected chi connectivity index (χ1v) is 7.12. The Bertz CT molecular complexity index is 517. The van der Waals surface area contributed by atoms with E-state index in [1.54, 1.807) is 0 Å². The molecule has 19 heavy (non-hydrogen) atoms. The van der Waals surface area contributed by atoms with Gasteiger partial charge in [0.25, 0.3) is 0 Å². The molecule has 2 aromatic carbocycles. The first-order valence-electron chi connectivity index (χ1n) is 5.95.